The van der Waals surface area contributed by atoms with Crippen LogP contribution in [0.15, 0.2) is 24.3 Å². The molecule has 0 spiro atoms. The van der Waals surface area contributed by atoms with E-state index in [2.05, 4.69) is 41.4 Å². The first kappa shape index (κ1) is 18.4. The summed E-state index contributed by atoms with van der Waals surface area (Å²) >= 11 is 0. The van der Waals surface area contributed by atoms with Crippen LogP contribution in [0, 0.1) is 5.92 Å². The maximum Gasteiger partial charge on any atom is 0.223 e. The van der Waals surface area contributed by atoms with Gasteiger partial charge in [-0.15, -0.1) is 0 Å². The standard InChI is InChI=1S/C20H30N2O3/c1-2-19-11-16(8-10-25-19)20(24)21-12-18(23)14-22-9-7-15-5-3-4-6-17(15)13-22/h3-6,16,18-19,23H,2,7-14H2,1H3,(H,21,24)/t16-,18-,19+/m0/s1. The summed E-state index contributed by atoms with van der Waals surface area (Å²) in [7, 11) is 0. The second-order valence-electron chi connectivity index (χ2n) is 7.28. The van der Waals surface area contributed by atoms with Crippen molar-refractivity contribution >= 4 is 5.91 Å². The highest BCUT2D eigenvalue weighted by atomic mass is 16.5. The highest BCUT2D eigenvalue weighted by molar-refractivity contribution is 5.78. The van der Waals surface area contributed by atoms with Gasteiger partial charge in [0.2, 0.25) is 5.91 Å². The molecular weight excluding hydrogens is 316 g/mol. The van der Waals surface area contributed by atoms with Crippen LogP contribution in [-0.2, 0) is 22.5 Å². The zero-order valence-electron chi connectivity index (χ0n) is 15.1. The van der Waals surface area contributed by atoms with Gasteiger partial charge in [-0.1, -0.05) is 31.2 Å². The van der Waals surface area contributed by atoms with Crippen LogP contribution in [0.3, 0.4) is 0 Å². The predicted octanol–water partition coefficient (Wildman–Crippen LogP) is 1.73. The van der Waals surface area contributed by atoms with Crippen LogP contribution in [0.1, 0.15) is 37.3 Å². The number of amides is 1. The van der Waals surface area contributed by atoms with Crippen molar-refractivity contribution in [1.82, 2.24) is 10.2 Å². The van der Waals surface area contributed by atoms with E-state index in [1.807, 2.05) is 0 Å². The predicted molar refractivity (Wildman–Crippen MR) is 97.2 cm³/mol. The zero-order valence-corrected chi connectivity index (χ0v) is 15.1. The lowest BCUT2D eigenvalue weighted by atomic mass is 9.93. The Morgan fingerprint density at radius 1 is 1.40 bits per heavy atom. The normalized spacial score (nSPS) is 25.2. The van der Waals surface area contributed by atoms with Crippen molar-refractivity contribution in [2.45, 2.75) is 51.4 Å². The fourth-order valence-corrected chi connectivity index (χ4v) is 3.84. The number of carbonyl (C=O) groups is 1. The van der Waals surface area contributed by atoms with Crippen LogP contribution in [0.4, 0.5) is 0 Å². The van der Waals surface area contributed by atoms with Crippen LogP contribution in [0.2, 0.25) is 0 Å². The van der Waals surface area contributed by atoms with Crippen molar-refractivity contribution in [3.8, 4) is 0 Å². The fourth-order valence-electron chi connectivity index (χ4n) is 3.84. The van der Waals surface area contributed by atoms with Crippen molar-refractivity contribution < 1.29 is 14.6 Å². The maximum atomic E-state index is 12.3. The zero-order chi connectivity index (χ0) is 17.6. The Labute approximate surface area is 150 Å². The molecule has 0 radical (unpaired) electrons. The molecule has 1 saturated heterocycles. The average molecular weight is 346 g/mol. The summed E-state index contributed by atoms with van der Waals surface area (Å²) in [6.07, 6.45) is 3.21. The van der Waals surface area contributed by atoms with E-state index >= 15 is 0 Å². The van der Waals surface area contributed by atoms with E-state index in [1.54, 1.807) is 0 Å². The Kier molecular flexibility index (Phi) is 6.45. The molecule has 1 fully saturated rings. The Hall–Kier alpha value is -1.43. The molecule has 2 aliphatic rings. The van der Waals surface area contributed by atoms with Crippen LogP contribution in [0.5, 0.6) is 0 Å². The van der Waals surface area contributed by atoms with Crippen LogP contribution in [-0.4, -0.2) is 54.4 Å². The number of benzene rings is 1. The molecule has 2 heterocycles. The highest BCUT2D eigenvalue weighted by Crippen LogP contribution is 2.22. The Balaban J connectivity index is 1.41. The number of hydrogen-bond acceptors (Lipinski definition) is 4. The first-order valence-corrected chi connectivity index (χ1v) is 9.52. The van der Waals surface area contributed by atoms with E-state index in [-0.39, 0.29) is 17.9 Å². The monoisotopic (exact) mass is 346 g/mol. The fraction of sp³-hybridized carbons (Fsp3) is 0.650. The molecule has 5 nitrogen and oxygen atoms in total. The lowest BCUT2D eigenvalue weighted by Crippen LogP contribution is -2.44. The SMILES string of the molecule is CC[C@@H]1C[C@@H](C(=O)NC[C@H](O)CN2CCc3ccccc3C2)CCO1. The smallest absolute Gasteiger partial charge is 0.223 e. The number of β-amino-alcohol motifs (C(OH)–C–C–N with tert-alkyl or cyclic N) is 1. The molecule has 138 valence electrons. The Morgan fingerprint density at radius 2 is 2.20 bits per heavy atom. The second kappa shape index (κ2) is 8.79. The Morgan fingerprint density at radius 3 is 3.00 bits per heavy atom. The van der Waals surface area contributed by atoms with Gasteiger partial charge in [0.15, 0.2) is 0 Å². The summed E-state index contributed by atoms with van der Waals surface area (Å²) in [6.45, 7) is 5.50. The van der Waals surface area contributed by atoms with Crippen LogP contribution in [0.25, 0.3) is 0 Å². The summed E-state index contributed by atoms with van der Waals surface area (Å²) in [6, 6.07) is 8.49. The van der Waals surface area contributed by atoms with E-state index in [0.717, 1.165) is 38.8 Å². The molecule has 2 N–H and O–H groups in total. The summed E-state index contributed by atoms with van der Waals surface area (Å²) in [4.78, 5) is 14.6. The second-order valence-corrected chi connectivity index (χ2v) is 7.28. The van der Waals surface area contributed by atoms with Gasteiger partial charge in [-0.3, -0.25) is 9.69 Å². The van der Waals surface area contributed by atoms with Gasteiger partial charge in [0.25, 0.3) is 0 Å². The van der Waals surface area contributed by atoms with Crippen molar-refractivity contribution in [1.29, 1.82) is 0 Å². The van der Waals surface area contributed by atoms with E-state index in [0.29, 0.717) is 19.7 Å². The molecule has 0 aromatic heterocycles. The quantitative estimate of drug-likeness (QED) is 0.823. The molecule has 3 rings (SSSR count). The van der Waals surface area contributed by atoms with Crippen molar-refractivity contribution in [3.63, 3.8) is 0 Å². The molecule has 1 aromatic rings. The van der Waals surface area contributed by atoms with Gasteiger partial charge in [0.1, 0.15) is 0 Å². The van der Waals surface area contributed by atoms with Crippen molar-refractivity contribution in [2.24, 2.45) is 5.92 Å². The molecule has 25 heavy (non-hydrogen) atoms. The number of ether oxygens (including phenoxy) is 1. The van der Waals surface area contributed by atoms with Crippen LogP contribution < -0.4 is 5.32 Å². The number of aliphatic hydroxyl groups is 1. The summed E-state index contributed by atoms with van der Waals surface area (Å²) < 4.78 is 5.63. The van der Waals surface area contributed by atoms with Gasteiger partial charge in [-0.25, -0.2) is 0 Å². The third-order valence-corrected chi connectivity index (χ3v) is 5.38. The van der Waals surface area contributed by atoms with Crippen molar-refractivity contribution in [2.75, 3.05) is 26.2 Å². The van der Waals surface area contributed by atoms with Gasteiger partial charge in [-0.2, -0.15) is 0 Å². The van der Waals surface area contributed by atoms with E-state index in [1.165, 1.54) is 11.1 Å². The molecule has 1 amide bonds. The number of nitrogens with zero attached hydrogens (tertiary/aromatic N) is 1. The van der Waals surface area contributed by atoms with Gasteiger partial charge < -0.3 is 15.2 Å². The van der Waals surface area contributed by atoms with Gasteiger partial charge in [-0.05, 0) is 36.8 Å². The maximum absolute atomic E-state index is 12.3. The summed E-state index contributed by atoms with van der Waals surface area (Å²) in [5.74, 6) is 0.0811. The van der Waals surface area contributed by atoms with E-state index in [9.17, 15) is 9.90 Å². The average Bonchev–Trinajstić information content (AvgIpc) is 2.66. The lowest BCUT2D eigenvalue weighted by Gasteiger charge is -2.31. The number of hydrogen-bond donors (Lipinski definition) is 2. The minimum atomic E-state index is -0.531. The minimum absolute atomic E-state index is 0.0211. The number of rotatable bonds is 6. The molecule has 0 saturated carbocycles. The summed E-state index contributed by atoms with van der Waals surface area (Å²) in [5, 5.41) is 13.2. The first-order valence-electron chi connectivity index (χ1n) is 9.52. The Bertz CT molecular complexity index is 578. The molecule has 3 atom stereocenters. The molecule has 0 unspecified atom stereocenters. The molecule has 1 aromatic carbocycles. The van der Waals surface area contributed by atoms with Gasteiger partial charge in [0, 0.05) is 38.7 Å². The van der Waals surface area contributed by atoms with Gasteiger partial charge >= 0.3 is 0 Å². The number of aliphatic hydroxyl groups excluding tert-OH is 1. The highest BCUT2D eigenvalue weighted by Gasteiger charge is 2.27. The minimum Gasteiger partial charge on any atom is -0.390 e. The third kappa shape index (κ3) is 5.03. The number of nitrogens with one attached hydrogen (secondary N) is 1. The van der Waals surface area contributed by atoms with Crippen LogP contribution >= 0.6 is 0 Å². The van der Waals surface area contributed by atoms with Gasteiger partial charge in [0.05, 0.1) is 12.2 Å². The van der Waals surface area contributed by atoms with E-state index in [4.69, 9.17) is 4.74 Å². The molecule has 2 aliphatic heterocycles. The first-order chi connectivity index (χ1) is 12.2. The molecule has 0 aliphatic carbocycles. The molecule has 0 bridgehead atoms. The van der Waals surface area contributed by atoms with Crippen molar-refractivity contribution in [3.05, 3.63) is 35.4 Å². The largest absolute Gasteiger partial charge is 0.390 e. The summed E-state index contributed by atoms with van der Waals surface area (Å²) in [5.41, 5.74) is 2.75. The number of carbonyl (C=O) groups excluding carboxylic acids is 1. The lowest BCUT2D eigenvalue weighted by molar-refractivity contribution is -0.130. The molecular formula is C20H30N2O3. The molecule has 5 heteroatoms. The number of fused-ring (bicyclic) bond motifs is 1. The third-order valence-electron chi connectivity index (χ3n) is 5.38. The van der Waals surface area contributed by atoms with E-state index < -0.39 is 6.10 Å². The topological polar surface area (TPSA) is 61.8 Å².